The minimum absolute atomic E-state index is 0.152. The maximum absolute atomic E-state index is 12.4. The summed E-state index contributed by atoms with van der Waals surface area (Å²) < 4.78 is 25.9. The zero-order valence-electron chi connectivity index (χ0n) is 15.3. The molecule has 7 heteroatoms. The number of anilines is 1. The summed E-state index contributed by atoms with van der Waals surface area (Å²) in [6, 6.07) is 5.36. The van der Waals surface area contributed by atoms with Crippen LogP contribution in [0, 0.1) is 6.92 Å². The molecule has 0 aromatic heterocycles. The third-order valence-electron chi connectivity index (χ3n) is 4.64. The fourth-order valence-electron chi connectivity index (χ4n) is 3.08. The normalized spacial score (nSPS) is 16.6. The highest BCUT2D eigenvalue weighted by Crippen LogP contribution is 2.22. The molecule has 1 amide bonds. The van der Waals surface area contributed by atoms with E-state index < -0.39 is 10.0 Å². The fraction of sp³-hybridized carbons (Fsp3) is 0.611. The first-order valence-electron chi connectivity index (χ1n) is 8.87. The van der Waals surface area contributed by atoms with E-state index in [0.29, 0.717) is 17.3 Å². The molecule has 0 atom stereocenters. The summed E-state index contributed by atoms with van der Waals surface area (Å²) in [5.41, 5.74) is 1.15. The molecule has 2 rings (SSSR count). The predicted molar refractivity (Wildman–Crippen MR) is 100 cm³/mol. The number of aryl methyl sites for hydroxylation is 1. The number of hydrogen-bond donors (Lipinski definition) is 2. The van der Waals surface area contributed by atoms with Crippen molar-refractivity contribution in [3.63, 3.8) is 0 Å². The Hall–Kier alpha value is -1.44. The molecule has 140 valence electrons. The molecule has 0 saturated heterocycles. The first-order valence-corrected chi connectivity index (χ1v) is 10.3. The quantitative estimate of drug-likeness (QED) is 0.757. The second kappa shape index (κ2) is 8.78. The number of carbonyl (C=O) groups is 1. The molecular weight excluding hydrogens is 338 g/mol. The van der Waals surface area contributed by atoms with Gasteiger partial charge >= 0.3 is 0 Å². The maximum atomic E-state index is 12.4. The summed E-state index contributed by atoms with van der Waals surface area (Å²) in [6.45, 7) is 1.99. The Bertz CT molecular complexity index is 694. The zero-order chi connectivity index (χ0) is 18.4. The summed E-state index contributed by atoms with van der Waals surface area (Å²) >= 11 is 0. The molecule has 1 aliphatic carbocycles. The molecule has 2 N–H and O–H groups in total. The van der Waals surface area contributed by atoms with Crippen LogP contribution in [0.5, 0.6) is 0 Å². The van der Waals surface area contributed by atoms with E-state index in [4.69, 9.17) is 0 Å². The molecule has 0 spiro atoms. The van der Waals surface area contributed by atoms with Crippen molar-refractivity contribution in [3.05, 3.63) is 23.8 Å². The van der Waals surface area contributed by atoms with Gasteiger partial charge in [-0.3, -0.25) is 4.79 Å². The Morgan fingerprint density at radius 3 is 2.40 bits per heavy atom. The van der Waals surface area contributed by atoms with E-state index in [1.54, 1.807) is 19.1 Å². The number of amides is 1. The van der Waals surface area contributed by atoms with Crippen LogP contribution >= 0.6 is 0 Å². The SMILES string of the molecule is Cc1ccc(NC(=O)CNC2CCCCCC2)cc1S(=O)(=O)N(C)C. The van der Waals surface area contributed by atoms with Crippen LogP contribution in [0.4, 0.5) is 5.69 Å². The van der Waals surface area contributed by atoms with Gasteiger partial charge in [0.25, 0.3) is 0 Å². The largest absolute Gasteiger partial charge is 0.325 e. The predicted octanol–water partition coefficient (Wildman–Crippen LogP) is 2.50. The lowest BCUT2D eigenvalue weighted by Gasteiger charge is -2.17. The van der Waals surface area contributed by atoms with Crippen LogP contribution in [-0.2, 0) is 14.8 Å². The van der Waals surface area contributed by atoms with Crippen molar-refractivity contribution < 1.29 is 13.2 Å². The summed E-state index contributed by atoms with van der Waals surface area (Å²) in [7, 11) is -0.539. The van der Waals surface area contributed by atoms with E-state index in [-0.39, 0.29) is 17.3 Å². The zero-order valence-corrected chi connectivity index (χ0v) is 16.2. The Morgan fingerprint density at radius 1 is 1.16 bits per heavy atom. The first kappa shape index (κ1) is 19.9. The van der Waals surface area contributed by atoms with Crippen molar-refractivity contribution in [2.45, 2.75) is 56.4 Å². The van der Waals surface area contributed by atoms with Crippen molar-refractivity contribution in [2.24, 2.45) is 0 Å². The lowest BCUT2D eigenvalue weighted by Crippen LogP contribution is -2.35. The van der Waals surface area contributed by atoms with Gasteiger partial charge < -0.3 is 10.6 Å². The first-order chi connectivity index (χ1) is 11.8. The molecule has 1 saturated carbocycles. The van der Waals surface area contributed by atoms with Gasteiger partial charge in [-0.15, -0.1) is 0 Å². The number of sulfonamides is 1. The van der Waals surface area contributed by atoms with Crippen molar-refractivity contribution in [1.29, 1.82) is 0 Å². The summed E-state index contributed by atoms with van der Waals surface area (Å²) in [5, 5.41) is 6.11. The third kappa shape index (κ3) is 5.52. The molecule has 0 heterocycles. The van der Waals surface area contributed by atoms with Crippen molar-refractivity contribution >= 4 is 21.6 Å². The highest BCUT2D eigenvalue weighted by molar-refractivity contribution is 7.89. The van der Waals surface area contributed by atoms with E-state index in [2.05, 4.69) is 10.6 Å². The number of hydrogen-bond acceptors (Lipinski definition) is 4. The van der Waals surface area contributed by atoms with Gasteiger partial charge in [-0.1, -0.05) is 31.7 Å². The van der Waals surface area contributed by atoms with Gasteiger partial charge in [-0.25, -0.2) is 12.7 Å². The summed E-state index contributed by atoms with van der Waals surface area (Å²) in [5.74, 6) is -0.152. The average molecular weight is 368 g/mol. The van der Waals surface area contributed by atoms with Crippen LogP contribution in [0.3, 0.4) is 0 Å². The number of nitrogens with one attached hydrogen (secondary N) is 2. The van der Waals surface area contributed by atoms with Crippen molar-refractivity contribution in [3.8, 4) is 0 Å². The molecule has 0 radical (unpaired) electrons. The van der Waals surface area contributed by atoms with Crippen LogP contribution < -0.4 is 10.6 Å². The molecule has 0 aliphatic heterocycles. The Kier molecular flexibility index (Phi) is 6.98. The monoisotopic (exact) mass is 367 g/mol. The van der Waals surface area contributed by atoms with Gasteiger partial charge in [0.2, 0.25) is 15.9 Å². The molecular formula is C18H29N3O3S. The Balaban J connectivity index is 1.99. The number of benzene rings is 1. The Labute approximate surface area is 151 Å². The minimum Gasteiger partial charge on any atom is -0.325 e. The topological polar surface area (TPSA) is 78.5 Å². The molecule has 1 fully saturated rings. The molecule has 0 bridgehead atoms. The lowest BCUT2D eigenvalue weighted by molar-refractivity contribution is -0.115. The Morgan fingerprint density at radius 2 is 1.80 bits per heavy atom. The van der Waals surface area contributed by atoms with E-state index in [9.17, 15) is 13.2 Å². The van der Waals surface area contributed by atoms with Gasteiger partial charge in [0.05, 0.1) is 11.4 Å². The number of nitrogens with zero attached hydrogens (tertiary/aromatic N) is 1. The van der Waals surface area contributed by atoms with Gasteiger partial charge in [0.1, 0.15) is 0 Å². The maximum Gasteiger partial charge on any atom is 0.242 e. The number of rotatable bonds is 6. The van der Waals surface area contributed by atoms with Crippen LogP contribution in [0.2, 0.25) is 0 Å². The molecule has 6 nitrogen and oxygen atoms in total. The standard InChI is InChI=1S/C18H29N3O3S/c1-14-10-11-16(12-17(14)25(23,24)21(2)3)20-18(22)13-19-15-8-6-4-5-7-9-15/h10-12,15,19H,4-9,13H2,1-3H3,(H,20,22). The van der Waals surface area contributed by atoms with Crippen molar-refractivity contribution in [1.82, 2.24) is 9.62 Å². The number of carbonyl (C=O) groups excluding carboxylic acids is 1. The molecule has 1 aliphatic rings. The van der Waals surface area contributed by atoms with E-state index in [1.165, 1.54) is 50.2 Å². The van der Waals surface area contributed by atoms with Crippen molar-refractivity contribution in [2.75, 3.05) is 26.0 Å². The van der Waals surface area contributed by atoms with Crippen LogP contribution in [0.1, 0.15) is 44.1 Å². The second-order valence-corrected chi connectivity index (χ2v) is 9.01. The molecule has 1 aromatic rings. The van der Waals surface area contributed by atoms with Gasteiger partial charge in [0, 0.05) is 25.8 Å². The molecule has 0 unspecified atom stereocenters. The minimum atomic E-state index is -3.53. The highest BCUT2D eigenvalue weighted by Gasteiger charge is 2.20. The van der Waals surface area contributed by atoms with Crippen LogP contribution in [0.25, 0.3) is 0 Å². The lowest BCUT2D eigenvalue weighted by atomic mass is 10.1. The van der Waals surface area contributed by atoms with E-state index in [0.717, 1.165) is 12.8 Å². The fourth-order valence-corrected chi connectivity index (χ4v) is 4.22. The smallest absolute Gasteiger partial charge is 0.242 e. The van der Waals surface area contributed by atoms with E-state index in [1.807, 2.05) is 0 Å². The van der Waals surface area contributed by atoms with Gasteiger partial charge in [-0.05, 0) is 37.5 Å². The van der Waals surface area contributed by atoms with Gasteiger partial charge in [-0.2, -0.15) is 0 Å². The van der Waals surface area contributed by atoms with Gasteiger partial charge in [0.15, 0.2) is 0 Å². The average Bonchev–Trinajstić information content (AvgIpc) is 2.83. The molecule has 25 heavy (non-hydrogen) atoms. The summed E-state index contributed by atoms with van der Waals surface area (Å²) in [4.78, 5) is 12.4. The van der Waals surface area contributed by atoms with E-state index >= 15 is 0 Å². The summed E-state index contributed by atoms with van der Waals surface area (Å²) in [6.07, 6.45) is 7.20. The van der Waals surface area contributed by atoms with Crippen LogP contribution in [-0.4, -0.2) is 45.3 Å². The second-order valence-electron chi connectivity index (χ2n) is 6.89. The highest BCUT2D eigenvalue weighted by atomic mass is 32.2. The van der Waals surface area contributed by atoms with Crippen LogP contribution in [0.15, 0.2) is 23.1 Å². The third-order valence-corrected chi connectivity index (χ3v) is 6.59. The molecule has 1 aromatic carbocycles.